The Kier molecular flexibility index (Phi) is 7.59. The number of benzene rings is 3. The van der Waals surface area contributed by atoms with E-state index < -0.39 is 22.5 Å². The number of ether oxygens (including phenoxy) is 4. The summed E-state index contributed by atoms with van der Waals surface area (Å²) in [5.74, 6) is 1.14. The molecule has 0 bridgehead atoms. The first-order valence-corrected chi connectivity index (χ1v) is 12.4. The molecule has 1 aliphatic rings. The van der Waals surface area contributed by atoms with Crippen molar-refractivity contribution < 1.29 is 32.2 Å². The second-order valence-electron chi connectivity index (χ2n) is 7.53. The van der Waals surface area contributed by atoms with Gasteiger partial charge in [-0.3, -0.25) is 9.10 Å². The molecule has 0 saturated heterocycles. The molecule has 10 nitrogen and oxygen atoms in total. The molecule has 1 aliphatic heterocycles. The Labute approximate surface area is 209 Å². The van der Waals surface area contributed by atoms with Crippen LogP contribution in [0.5, 0.6) is 23.0 Å². The van der Waals surface area contributed by atoms with Crippen molar-refractivity contribution in [2.24, 2.45) is 5.10 Å². The van der Waals surface area contributed by atoms with Gasteiger partial charge in [-0.05, 0) is 36.4 Å². The molecular formula is C25H25N3O7S. The monoisotopic (exact) mass is 511 g/mol. The standard InChI is InChI=1S/C25H25N3O7S/c1-32-19-11-12-21(23(15-19)33-2)28(36(30,31)20-8-4-3-5-9-20)17-24(29)27-26-16-18-7-6-10-22-25(18)35-14-13-34-22/h3-12,15-16H,13-14,17H2,1-2H3,(H,27,29)/b26-16+. The van der Waals surface area contributed by atoms with E-state index in [0.29, 0.717) is 36.0 Å². The van der Waals surface area contributed by atoms with Gasteiger partial charge in [-0.15, -0.1) is 0 Å². The van der Waals surface area contributed by atoms with E-state index in [1.165, 1.54) is 38.6 Å². The molecular weight excluding hydrogens is 486 g/mol. The normalized spacial score (nSPS) is 12.7. The van der Waals surface area contributed by atoms with E-state index in [1.54, 1.807) is 48.5 Å². The van der Waals surface area contributed by atoms with Crippen molar-refractivity contribution in [2.45, 2.75) is 4.90 Å². The zero-order valence-corrected chi connectivity index (χ0v) is 20.5. The second-order valence-corrected chi connectivity index (χ2v) is 9.39. The van der Waals surface area contributed by atoms with Gasteiger partial charge in [0, 0.05) is 11.6 Å². The number of methoxy groups -OCH3 is 2. The SMILES string of the molecule is COc1ccc(N(CC(=O)N/N=C/c2cccc3c2OCCO3)S(=O)(=O)c2ccccc2)c(OC)c1. The number of hydrazone groups is 1. The first-order chi connectivity index (χ1) is 17.4. The molecule has 0 fully saturated rings. The Morgan fingerprint density at radius 1 is 1.03 bits per heavy atom. The summed E-state index contributed by atoms with van der Waals surface area (Å²) in [6.45, 7) is 0.300. The fourth-order valence-corrected chi connectivity index (χ4v) is 5.00. The molecule has 0 saturated carbocycles. The third kappa shape index (κ3) is 5.36. The predicted octanol–water partition coefficient (Wildman–Crippen LogP) is 2.82. The van der Waals surface area contributed by atoms with Crippen LogP contribution in [0.4, 0.5) is 5.69 Å². The van der Waals surface area contributed by atoms with Gasteiger partial charge in [-0.25, -0.2) is 13.8 Å². The van der Waals surface area contributed by atoms with E-state index in [4.69, 9.17) is 18.9 Å². The number of nitrogens with one attached hydrogen (secondary N) is 1. The topological polar surface area (TPSA) is 116 Å². The lowest BCUT2D eigenvalue weighted by Gasteiger charge is -2.25. The third-order valence-corrected chi connectivity index (χ3v) is 7.04. The number of hydrogen-bond acceptors (Lipinski definition) is 8. The fourth-order valence-electron chi connectivity index (χ4n) is 3.55. The van der Waals surface area contributed by atoms with Gasteiger partial charge in [0.2, 0.25) is 0 Å². The van der Waals surface area contributed by atoms with Gasteiger partial charge >= 0.3 is 0 Å². The molecule has 0 atom stereocenters. The smallest absolute Gasteiger partial charge is 0.264 e. The van der Waals surface area contributed by atoms with E-state index in [9.17, 15) is 13.2 Å². The van der Waals surface area contributed by atoms with E-state index in [0.717, 1.165) is 4.31 Å². The first kappa shape index (κ1) is 24.9. The number of anilines is 1. The van der Waals surface area contributed by atoms with E-state index in [-0.39, 0.29) is 16.3 Å². The number of para-hydroxylation sites is 1. The van der Waals surface area contributed by atoms with E-state index in [1.807, 2.05) is 0 Å². The minimum atomic E-state index is -4.13. The molecule has 1 N–H and O–H groups in total. The Hall–Kier alpha value is -4.25. The molecule has 3 aromatic carbocycles. The van der Waals surface area contributed by atoms with Crippen molar-refractivity contribution in [3.8, 4) is 23.0 Å². The van der Waals surface area contributed by atoms with Crippen molar-refractivity contribution >= 4 is 27.8 Å². The number of carbonyl (C=O) groups excluding carboxylic acids is 1. The molecule has 0 aliphatic carbocycles. The van der Waals surface area contributed by atoms with Gasteiger partial charge in [-0.1, -0.05) is 24.3 Å². The van der Waals surface area contributed by atoms with Crippen molar-refractivity contribution in [2.75, 3.05) is 38.3 Å². The van der Waals surface area contributed by atoms with Crippen LogP contribution in [0.15, 0.2) is 76.7 Å². The molecule has 11 heteroatoms. The highest BCUT2D eigenvalue weighted by Crippen LogP contribution is 2.35. The molecule has 3 aromatic rings. The van der Waals surface area contributed by atoms with Crippen LogP contribution in [0, 0.1) is 0 Å². The van der Waals surface area contributed by atoms with Crippen molar-refractivity contribution in [1.29, 1.82) is 0 Å². The molecule has 4 rings (SSSR count). The minimum absolute atomic E-state index is 0.0206. The van der Waals surface area contributed by atoms with Gasteiger partial charge in [0.15, 0.2) is 11.5 Å². The first-order valence-electron chi connectivity index (χ1n) is 10.9. The third-order valence-electron chi connectivity index (χ3n) is 5.26. The van der Waals surface area contributed by atoms with Crippen LogP contribution in [-0.2, 0) is 14.8 Å². The Morgan fingerprint density at radius 3 is 2.56 bits per heavy atom. The largest absolute Gasteiger partial charge is 0.497 e. The summed E-state index contributed by atoms with van der Waals surface area (Å²) in [5, 5.41) is 3.99. The second kappa shape index (κ2) is 11.0. The highest BCUT2D eigenvalue weighted by atomic mass is 32.2. The Morgan fingerprint density at radius 2 is 1.81 bits per heavy atom. The van der Waals surface area contributed by atoms with Gasteiger partial charge in [-0.2, -0.15) is 5.10 Å². The van der Waals surface area contributed by atoms with Crippen molar-refractivity contribution in [3.63, 3.8) is 0 Å². The zero-order chi connectivity index (χ0) is 25.5. The number of fused-ring (bicyclic) bond motifs is 1. The van der Waals surface area contributed by atoms with Gasteiger partial charge < -0.3 is 18.9 Å². The number of nitrogens with zero attached hydrogens (tertiary/aromatic N) is 2. The lowest BCUT2D eigenvalue weighted by Crippen LogP contribution is -2.39. The summed E-state index contributed by atoms with van der Waals surface area (Å²) in [5.41, 5.74) is 3.16. The molecule has 0 radical (unpaired) electrons. The fraction of sp³-hybridized carbons (Fsp3) is 0.200. The van der Waals surface area contributed by atoms with Crippen LogP contribution < -0.4 is 28.7 Å². The maximum absolute atomic E-state index is 13.5. The highest BCUT2D eigenvalue weighted by Gasteiger charge is 2.29. The molecule has 36 heavy (non-hydrogen) atoms. The van der Waals surface area contributed by atoms with Crippen LogP contribution in [0.3, 0.4) is 0 Å². The van der Waals surface area contributed by atoms with Gasteiger partial charge in [0.25, 0.3) is 15.9 Å². The van der Waals surface area contributed by atoms with E-state index >= 15 is 0 Å². The highest BCUT2D eigenvalue weighted by molar-refractivity contribution is 7.92. The maximum atomic E-state index is 13.5. The van der Waals surface area contributed by atoms with Crippen LogP contribution >= 0.6 is 0 Å². The minimum Gasteiger partial charge on any atom is -0.497 e. The number of amides is 1. The van der Waals surface area contributed by atoms with Crippen LogP contribution in [-0.4, -0.2) is 54.5 Å². The number of hydrogen-bond donors (Lipinski definition) is 1. The zero-order valence-electron chi connectivity index (χ0n) is 19.7. The van der Waals surface area contributed by atoms with E-state index in [2.05, 4.69) is 10.5 Å². The number of carbonyl (C=O) groups is 1. The summed E-state index contributed by atoms with van der Waals surface area (Å²) in [6.07, 6.45) is 1.41. The van der Waals surface area contributed by atoms with Crippen LogP contribution in [0.1, 0.15) is 5.56 Å². The molecule has 1 heterocycles. The lowest BCUT2D eigenvalue weighted by molar-refractivity contribution is -0.119. The van der Waals surface area contributed by atoms with Crippen molar-refractivity contribution in [3.05, 3.63) is 72.3 Å². The predicted molar refractivity (Wildman–Crippen MR) is 134 cm³/mol. The summed E-state index contributed by atoms with van der Waals surface area (Å²) in [7, 11) is -1.24. The van der Waals surface area contributed by atoms with Gasteiger partial charge in [0.1, 0.15) is 31.3 Å². The summed E-state index contributed by atoms with van der Waals surface area (Å²) >= 11 is 0. The molecule has 0 aromatic heterocycles. The van der Waals surface area contributed by atoms with Crippen molar-refractivity contribution in [1.82, 2.24) is 5.43 Å². The average Bonchev–Trinajstić information content (AvgIpc) is 2.92. The molecule has 0 unspecified atom stereocenters. The Balaban J connectivity index is 1.60. The summed E-state index contributed by atoms with van der Waals surface area (Å²) in [4.78, 5) is 12.9. The summed E-state index contributed by atoms with van der Waals surface area (Å²) < 4.78 is 49.8. The molecule has 188 valence electrons. The Bertz CT molecular complexity index is 1360. The quantitative estimate of drug-likeness (QED) is 0.347. The van der Waals surface area contributed by atoms with Gasteiger partial charge in [0.05, 0.1) is 31.0 Å². The number of rotatable bonds is 9. The summed E-state index contributed by atoms with van der Waals surface area (Å²) in [6, 6.07) is 17.8. The maximum Gasteiger partial charge on any atom is 0.264 e. The molecule has 0 spiro atoms. The lowest BCUT2D eigenvalue weighted by atomic mass is 10.2. The number of sulfonamides is 1. The molecule has 1 amide bonds. The average molecular weight is 512 g/mol. The van der Waals surface area contributed by atoms with Crippen LogP contribution in [0.2, 0.25) is 0 Å². The van der Waals surface area contributed by atoms with Crippen LogP contribution in [0.25, 0.3) is 0 Å².